The summed E-state index contributed by atoms with van der Waals surface area (Å²) in [5.41, 5.74) is -0.416. The van der Waals surface area contributed by atoms with E-state index < -0.39 is 71.3 Å². The van der Waals surface area contributed by atoms with Crippen LogP contribution in [0.5, 0.6) is 17.2 Å². The number of rotatable bonds is 6. The fourth-order valence-corrected chi connectivity index (χ4v) is 10.4. The van der Waals surface area contributed by atoms with Crippen molar-refractivity contribution < 1.29 is 58.6 Å². The molecule has 5 bridgehead atoms. The van der Waals surface area contributed by atoms with Crippen molar-refractivity contribution in [3.05, 3.63) is 58.0 Å². The van der Waals surface area contributed by atoms with Crippen molar-refractivity contribution in [1.82, 2.24) is 9.80 Å². The highest BCUT2D eigenvalue weighted by molar-refractivity contribution is 6.19. The number of nitrogens with one attached hydrogen (secondary N) is 1. The van der Waals surface area contributed by atoms with Crippen molar-refractivity contribution in [2.24, 2.45) is 39.6 Å². The van der Waals surface area contributed by atoms with Crippen LogP contribution in [0.2, 0.25) is 0 Å². The number of hydrogen-bond acceptors (Lipinski definition) is 16. The molecule has 384 valence electrons. The van der Waals surface area contributed by atoms with Crippen molar-refractivity contribution in [3.8, 4) is 17.2 Å². The Balaban J connectivity index is 0.00000397. The van der Waals surface area contributed by atoms with E-state index in [-0.39, 0.29) is 74.2 Å². The number of Topliss-reactive ketones (excluding diaryl/α,β-unsaturated/α-hetero) is 1. The van der Waals surface area contributed by atoms with E-state index >= 15 is 0 Å². The molecule has 2 saturated heterocycles. The number of likely N-dealkylation sites (tertiary alicyclic amines) is 2. The number of hydrogen-bond donors (Lipinski definition) is 5. The van der Waals surface area contributed by atoms with Crippen molar-refractivity contribution in [2.45, 2.75) is 137 Å². The third-order valence-electron chi connectivity index (χ3n) is 14.4. The van der Waals surface area contributed by atoms with Crippen LogP contribution in [-0.4, -0.2) is 130 Å². The largest absolute Gasteiger partial charge is 0.507 e. The lowest BCUT2D eigenvalue weighted by Crippen LogP contribution is -2.43. The number of aliphatic hydroxyl groups is 2. The summed E-state index contributed by atoms with van der Waals surface area (Å²) in [5.74, 6) is -5.97. The van der Waals surface area contributed by atoms with Gasteiger partial charge in [0.05, 0.1) is 28.7 Å². The topological polar surface area (TPSA) is 229 Å². The van der Waals surface area contributed by atoms with Gasteiger partial charge in [-0.05, 0) is 76.3 Å². The number of carbonyl (C=O) groups is 4. The maximum atomic E-state index is 14.8. The molecule has 0 aromatic heterocycles. The molecular weight excluding hydrogens is 899 g/mol. The molecule has 0 aliphatic carbocycles. The van der Waals surface area contributed by atoms with E-state index in [1.165, 1.54) is 13.2 Å². The normalized spacial score (nSPS) is 29.4. The molecule has 1 amide bonds. The van der Waals surface area contributed by atoms with Crippen molar-refractivity contribution in [3.63, 3.8) is 0 Å². The Bertz CT molecular complexity index is 2520. The third kappa shape index (κ3) is 11.5. The molecular formula is C53H75N5O12. The van der Waals surface area contributed by atoms with E-state index in [2.05, 4.69) is 29.0 Å². The first-order valence-electron chi connectivity index (χ1n) is 24.8. The minimum Gasteiger partial charge on any atom is -0.507 e. The number of anilines is 1. The number of fused-ring (bicyclic) bond motifs is 13. The minimum atomic E-state index is -1.92. The van der Waals surface area contributed by atoms with E-state index in [1.54, 1.807) is 32.1 Å². The van der Waals surface area contributed by atoms with Gasteiger partial charge in [-0.3, -0.25) is 29.2 Å². The van der Waals surface area contributed by atoms with E-state index in [0.29, 0.717) is 56.7 Å². The van der Waals surface area contributed by atoms with Gasteiger partial charge >= 0.3 is 17.7 Å². The maximum Gasteiger partial charge on any atom is 0.317 e. The number of phenolic OH excluding ortho intramolecular Hbond substituents is 2. The molecule has 6 aliphatic rings. The first-order valence-corrected chi connectivity index (χ1v) is 24.8. The highest BCUT2D eigenvalue weighted by atomic mass is 16.7. The lowest BCUT2D eigenvalue weighted by molar-refractivity contribution is -0.166. The standard InChI is InChI=1S/C52H71N5O11.CH4O/c1-28(2)27-57-22-18-52(19-23-57)54-41-38-39-45(61)34(8)48-40(38)49(63)51(9,68-48)65-24-12-15-30(4)47(67-37(59)26-36(58)66-35-16-20-56(10)21-17-35)33(7)44(60)32(6)25-29(3)13-11-14-31(5)50(64)53-43(46(39)62)42(41)55-52;1-2/h11-14,24,28-30,32-33,35,44,47,60-62H,15-23,25-27H2,1-10H3,(H,53,64);2H,1H3/b13-11+,24-12+,31-14-;/t29?,30-,32-,33-,44?,47?,51?;/m1./s1. The molecule has 2 fully saturated rings. The van der Waals surface area contributed by atoms with Gasteiger partial charge in [0.25, 0.3) is 11.7 Å². The average molecular weight is 974 g/mol. The second-order valence-corrected chi connectivity index (χ2v) is 20.7. The SMILES string of the molecule is C/C1=C/C=C/C(C)C[C@@H](C)C(O)[C@@H](C)C(OC(=O)CC(=O)OC2CCN(C)CC2)[C@H](C)C/C=C/OC2(C)Oc3c(C)c(O)c4c(O)c(c5c(c4c3C2=O)=NC2(CCN(CC(C)C)CC2)N=5)NC1=O.CO. The van der Waals surface area contributed by atoms with Gasteiger partial charge in [0.1, 0.15) is 41.2 Å². The van der Waals surface area contributed by atoms with Gasteiger partial charge in [0.15, 0.2) is 11.4 Å². The average Bonchev–Trinajstić information content (AvgIpc) is 3.81. The Morgan fingerprint density at radius 2 is 1.57 bits per heavy atom. The highest BCUT2D eigenvalue weighted by Gasteiger charge is 2.50. The number of aliphatic hydroxyl groups excluding tert-OH is 2. The number of aromatic hydroxyl groups is 2. The third-order valence-corrected chi connectivity index (χ3v) is 14.4. The molecule has 70 heavy (non-hydrogen) atoms. The van der Waals surface area contributed by atoms with Crippen LogP contribution in [0.15, 0.2) is 46.1 Å². The number of benzene rings is 2. The summed E-state index contributed by atoms with van der Waals surface area (Å²) in [6.07, 6.45) is 9.14. The van der Waals surface area contributed by atoms with Gasteiger partial charge in [0.2, 0.25) is 0 Å². The molecule has 2 aromatic rings. The van der Waals surface area contributed by atoms with Crippen LogP contribution in [0, 0.1) is 36.5 Å². The summed E-state index contributed by atoms with van der Waals surface area (Å²) >= 11 is 0. The molecule has 0 saturated carbocycles. The summed E-state index contributed by atoms with van der Waals surface area (Å²) in [6.45, 7) is 20.6. The monoisotopic (exact) mass is 974 g/mol. The van der Waals surface area contributed by atoms with Crippen molar-refractivity contribution in [2.75, 3.05) is 52.2 Å². The van der Waals surface area contributed by atoms with Gasteiger partial charge in [-0.25, -0.2) is 0 Å². The Morgan fingerprint density at radius 1 is 0.929 bits per heavy atom. The molecule has 2 aromatic carbocycles. The Kier molecular flexibility index (Phi) is 17.3. The first kappa shape index (κ1) is 54.0. The number of allylic oxidation sites excluding steroid dienone is 4. The molecule has 0 radical (unpaired) electrons. The van der Waals surface area contributed by atoms with Crippen molar-refractivity contribution >= 4 is 40.1 Å². The van der Waals surface area contributed by atoms with Crippen LogP contribution in [0.25, 0.3) is 10.8 Å². The summed E-state index contributed by atoms with van der Waals surface area (Å²) in [5, 5.41) is 46.2. The van der Waals surface area contributed by atoms with E-state index in [4.69, 9.17) is 34.0 Å². The second kappa shape index (κ2) is 22.4. The van der Waals surface area contributed by atoms with E-state index in [1.807, 2.05) is 40.8 Å². The maximum absolute atomic E-state index is 14.8. The first-order chi connectivity index (χ1) is 33.1. The highest BCUT2D eigenvalue weighted by Crippen LogP contribution is 2.50. The Hall–Kier alpha value is -5.36. The molecule has 6 heterocycles. The van der Waals surface area contributed by atoms with Crippen molar-refractivity contribution in [1.29, 1.82) is 0 Å². The van der Waals surface area contributed by atoms with Gasteiger partial charge in [-0.15, -0.1) is 0 Å². The number of phenols is 2. The number of esters is 2. The number of carbonyl (C=O) groups excluding carboxylic acids is 4. The van der Waals surface area contributed by atoms with Crippen LogP contribution in [0.3, 0.4) is 0 Å². The Labute approximate surface area is 411 Å². The number of ketones is 1. The quantitative estimate of drug-likeness (QED) is 0.132. The van der Waals surface area contributed by atoms with Gasteiger partial charge in [0, 0.05) is 82.0 Å². The van der Waals surface area contributed by atoms with E-state index in [9.17, 15) is 34.5 Å². The summed E-state index contributed by atoms with van der Waals surface area (Å²) < 4.78 is 24.1. The van der Waals surface area contributed by atoms with Crippen LogP contribution >= 0.6 is 0 Å². The predicted molar refractivity (Wildman–Crippen MR) is 264 cm³/mol. The second-order valence-electron chi connectivity index (χ2n) is 20.7. The van der Waals surface area contributed by atoms with Gasteiger partial charge < -0.3 is 54.5 Å². The van der Waals surface area contributed by atoms with Crippen LogP contribution in [0.4, 0.5) is 5.69 Å². The van der Waals surface area contributed by atoms with Crippen LogP contribution in [0.1, 0.15) is 116 Å². The zero-order valence-corrected chi connectivity index (χ0v) is 42.8. The zero-order valence-electron chi connectivity index (χ0n) is 42.8. The lowest BCUT2D eigenvalue weighted by Gasteiger charge is -2.36. The Morgan fingerprint density at radius 3 is 2.23 bits per heavy atom. The molecule has 17 heteroatoms. The minimum absolute atomic E-state index is 0.0205. The number of nitrogens with zero attached hydrogens (tertiary/aromatic N) is 4. The fourth-order valence-electron chi connectivity index (χ4n) is 10.4. The molecule has 4 unspecified atom stereocenters. The molecule has 7 atom stereocenters. The number of piperidine rings is 2. The summed E-state index contributed by atoms with van der Waals surface area (Å²) in [4.78, 5) is 70.0. The van der Waals surface area contributed by atoms with Gasteiger partial charge in [-0.2, -0.15) is 0 Å². The van der Waals surface area contributed by atoms with Crippen LogP contribution < -0.4 is 20.8 Å². The molecule has 17 nitrogen and oxygen atoms in total. The molecule has 8 rings (SSSR count). The van der Waals surface area contributed by atoms with E-state index in [0.717, 1.165) is 26.7 Å². The molecule has 1 spiro atoms. The summed E-state index contributed by atoms with van der Waals surface area (Å²) in [6, 6.07) is 0. The van der Waals surface area contributed by atoms with Gasteiger partial charge in [-0.1, -0.05) is 59.8 Å². The predicted octanol–water partition coefficient (Wildman–Crippen LogP) is 5.77. The zero-order chi connectivity index (χ0) is 51.4. The van der Waals surface area contributed by atoms with Crippen LogP contribution in [-0.2, 0) is 28.6 Å². The number of amides is 1. The smallest absolute Gasteiger partial charge is 0.317 e. The summed E-state index contributed by atoms with van der Waals surface area (Å²) in [7, 11) is 3.01. The molecule has 6 aliphatic heterocycles. The number of ether oxygens (including phenoxy) is 4. The lowest BCUT2D eigenvalue weighted by atomic mass is 9.80. The molecule has 5 N–H and O–H groups in total. The fraction of sp³-hybridized carbons (Fsp3) is 0.623.